The molecule has 0 saturated carbocycles. The summed E-state index contributed by atoms with van der Waals surface area (Å²) in [7, 11) is 0. The van der Waals surface area contributed by atoms with Crippen molar-refractivity contribution >= 4 is 40.6 Å². The van der Waals surface area contributed by atoms with Crippen molar-refractivity contribution in [3.8, 4) is 0 Å². The Labute approximate surface area is 168 Å². The molecule has 3 unspecified atom stereocenters. The van der Waals surface area contributed by atoms with Crippen LogP contribution in [0.3, 0.4) is 0 Å². The molecule has 3 atom stereocenters. The number of rotatable bonds is 5. The number of ketones is 1. The molecule has 0 aliphatic carbocycles. The molecule has 140 valence electrons. The summed E-state index contributed by atoms with van der Waals surface area (Å²) in [5.41, 5.74) is 4.39. The number of pyridine rings is 1. The number of halogens is 1. The molecule has 4 rings (SSSR count). The maximum Gasteiger partial charge on any atom is 0.216 e. The number of nitrogens with zero attached hydrogens (tertiary/aromatic N) is 1. The van der Waals surface area contributed by atoms with Crippen LogP contribution in [-0.4, -0.2) is 17.1 Å². The molecule has 2 aromatic carbocycles. The van der Waals surface area contributed by atoms with E-state index < -0.39 is 11.8 Å². The molecule has 4 nitrogen and oxygen atoms in total. The molecule has 3 aromatic rings. The molecule has 0 amide bonds. The van der Waals surface area contributed by atoms with E-state index in [0.717, 1.165) is 33.3 Å². The lowest BCUT2D eigenvalue weighted by atomic mass is 9.87. The first kappa shape index (κ1) is 18.5. The minimum Gasteiger partial charge on any atom is -0.296 e. The van der Waals surface area contributed by atoms with E-state index in [9.17, 15) is 9.59 Å². The number of hydrogen-bond donors (Lipinski definition) is 1. The van der Waals surface area contributed by atoms with Crippen LogP contribution in [0.15, 0.2) is 55.1 Å². The zero-order chi connectivity index (χ0) is 19.8. The largest absolute Gasteiger partial charge is 0.296 e. The SMILES string of the molecule is C=Cc1nc2c(Cl)cccc2cc1C(C)C1NC(C(=O)C=O)c2ccccc21. The van der Waals surface area contributed by atoms with Crippen LogP contribution in [0.4, 0.5) is 0 Å². The zero-order valence-corrected chi connectivity index (χ0v) is 16.1. The van der Waals surface area contributed by atoms with Gasteiger partial charge in [0, 0.05) is 17.3 Å². The van der Waals surface area contributed by atoms with E-state index in [-0.39, 0.29) is 12.0 Å². The smallest absolute Gasteiger partial charge is 0.216 e. The number of Topliss-reactive ketones (excluding diaryl/α,β-unsaturated/α-hetero) is 1. The van der Waals surface area contributed by atoms with Crippen LogP contribution in [-0.2, 0) is 9.59 Å². The van der Waals surface area contributed by atoms with E-state index in [4.69, 9.17) is 16.6 Å². The summed E-state index contributed by atoms with van der Waals surface area (Å²) in [5.74, 6) is -0.469. The summed E-state index contributed by atoms with van der Waals surface area (Å²) in [6.07, 6.45) is 2.11. The summed E-state index contributed by atoms with van der Waals surface area (Å²) < 4.78 is 0. The Morgan fingerprint density at radius 2 is 1.96 bits per heavy atom. The first-order chi connectivity index (χ1) is 13.5. The van der Waals surface area contributed by atoms with Gasteiger partial charge >= 0.3 is 0 Å². The quantitative estimate of drug-likeness (QED) is 0.502. The number of para-hydroxylation sites is 1. The Balaban J connectivity index is 1.82. The molecule has 0 spiro atoms. The Morgan fingerprint density at radius 1 is 1.21 bits per heavy atom. The van der Waals surface area contributed by atoms with Crippen molar-refractivity contribution in [3.05, 3.63) is 82.5 Å². The number of carbonyl (C=O) groups is 2. The minimum atomic E-state index is -0.615. The van der Waals surface area contributed by atoms with Gasteiger partial charge in [0.2, 0.25) is 5.78 Å². The molecular weight excluding hydrogens is 372 g/mol. The molecule has 1 N–H and O–H groups in total. The number of hydrogen-bond acceptors (Lipinski definition) is 4. The van der Waals surface area contributed by atoms with Crippen molar-refractivity contribution in [2.45, 2.75) is 24.9 Å². The predicted octanol–water partition coefficient (Wildman–Crippen LogP) is 4.79. The summed E-state index contributed by atoms with van der Waals surface area (Å²) in [5, 5.41) is 4.90. The molecule has 1 aliphatic rings. The number of fused-ring (bicyclic) bond motifs is 2. The highest BCUT2D eigenvalue weighted by Gasteiger charge is 2.37. The van der Waals surface area contributed by atoms with Gasteiger partial charge in [-0.3, -0.25) is 14.9 Å². The maximum atomic E-state index is 12.1. The van der Waals surface area contributed by atoms with E-state index in [1.165, 1.54) is 0 Å². The molecule has 0 bridgehead atoms. The van der Waals surface area contributed by atoms with Crippen molar-refractivity contribution in [3.63, 3.8) is 0 Å². The molecule has 0 radical (unpaired) electrons. The van der Waals surface area contributed by atoms with Crippen molar-refractivity contribution in [2.24, 2.45) is 0 Å². The third kappa shape index (κ3) is 2.95. The molecule has 1 aromatic heterocycles. The van der Waals surface area contributed by atoms with Gasteiger partial charge in [-0.2, -0.15) is 0 Å². The standard InChI is InChI=1S/C23H19ClN2O2/c1-3-19-17(11-14-7-6-10-18(24)22(14)25-19)13(2)21-15-8-4-5-9-16(15)23(26-21)20(28)12-27/h3-13,21,23,26H,1H2,2H3. The third-order valence-corrected chi connectivity index (χ3v) is 5.73. The van der Waals surface area contributed by atoms with Crippen molar-refractivity contribution in [2.75, 3.05) is 0 Å². The summed E-state index contributed by atoms with van der Waals surface area (Å²) in [4.78, 5) is 28.0. The van der Waals surface area contributed by atoms with Gasteiger partial charge in [-0.1, -0.05) is 61.5 Å². The van der Waals surface area contributed by atoms with Crippen LogP contribution < -0.4 is 5.32 Å². The van der Waals surface area contributed by atoms with Crippen molar-refractivity contribution in [1.29, 1.82) is 0 Å². The van der Waals surface area contributed by atoms with Gasteiger partial charge in [-0.15, -0.1) is 0 Å². The lowest BCUT2D eigenvalue weighted by Crippen LogP contribution is -2.28. The average Bonchev–Trinajstić information content (AvgIpc) is 3.12. The van der Waals surface area contributed by atoms with Gasteiger partial charge in [-0.25, -0.2) is 4.98 Å². The lowest BCUT2D eigenvalue weighted by molar-refractivity contribution is -0.131. The van der Waals surface area contributed by atoms with E-state index in [2.05, 4.69) is 24.9 Å². The van der Waals surface area contributed by atoms with Crippen LogP contribution in [0.5, 0.6) is 0 Å². The van der Waals surface area contributed by atoms with E-state index >= 15 is 0 Å². The van der Waals surface area contributed by atoms with Gasteiger partial charge in [0.15, 0.2) is 6.29 Å². The third-order valence-electron chi connectivity index (χ3n) is 5.43. The Morgan fingerprint density at radius 3 is 2.68 bits per heavy atom. The van der Waals surface area contributed by atoms with E-state index in [0.29, 0.717) is 11.3 Å². The zero-order valence-electron chi connectivity index (χ0n) is 15.4. The van der Waals surface area contributed by atoms with Crippen LogP contribution in [0.1, 0.15) is 47.3 Å². The second-order valence-corrected chi connectivity index (χ2v) is 7.40. The first-order valence-corrected chi connectivity index (χ1v) is 9.48. The molecule has 0 saturated heterocycles. The van der Waals surface area contributed by atoms with Crippen LogP contribution in [0, 0.1) is 0 Å². The van der Waals surface area contributed by atoms with Crippen molar-refractivity contribution < 1.29 is 9.59 Å². The maximum absolute atomic E-state index is 12.1. The van der Waals surface area contributed by atoms with Gasteiger partial charge < -0.3 is 0 Å². The molecule has 2 heterocycles. The molecular formula is C23H19ClN2O2. The van der Waals surface area contributed by atoms with Crippen LogP contribution >= 0.6 is 11.6 Å². The fourth-order valence-electron chi connectivity index (χ4n) is 4.03. The number of aromatic nitrogens is 1. The highest BCUT2D eigenvalue weighted by atomic mass is 35.5. The molecule has 5 heteroatoms. The highest BCUT2D eigenvalue weighted by molar-refractivity contribution is 6.35. The minimum absolute atomic E-state index is 0.00511. The monoisotopic (exact) mass is 390 g/mol. The molecule has 28 heavy (non-hydrogen) atoms. The summed E-state index contributed by atoms with van der Waals surface area (Å²) in [6.45, 7) is 6.00. The predicted molar refractivity (Wildman–Crippen MR) is 111 cm³/mol. The van der Waals surface area contributed by atoms with Gasteiger partial charge in [0.1, 0.15) is 6.04 Å². The second kappa shape index (κ2) is 7.30. The van der Waals surface area contributed by atoms with Crippen LogP contribution in [0.25, 0.3) is 17.0 Å². The number of nitrogens with one attached hydrogen (secondary N) is 1. The molecule has 0 fully saturated rings. The fraction of sp³-hybridized carbons (Fsp3) is 0.174. The molecule has 1 aliphatic heterocycles. The van der Waals surface area contributed by atoms with Gasteiger partial charge in [0.05, 0.1) is 16.2 Å². The topological polar surface area (TPSA) is 59.1 Å². The second-order valence-electron chi connectivity index (χ2n) is 6.99. The average molecular weight is 391 g/mol. The Bertz CT molecular complexity index is 1110. The van der Waals surface area contributed by atoms with E-state index in [1.54, 1.807) is 6.08 Å². The van der Waals surface area contributed by atoms with E-state index in [1.807, 2.05) is 42.5 Å². The lowest BCUT2D eigenvalue weighted by Gasteiger charge is -2.24. The number of aldehydes is 1. The highest BCUT2D eigenvalue weighted by Crippen LogP contribution is 2.42. The number of carbonyl (C=O) groups excluding carboxylic acids is 2. The Kier molecular flexibility index (Phi) is 4.84. The van der Waals surface area contributed by atoms with Gasteiger partial charge in [0.25, 0.3) is 0 Å². The van der Waals surface area contributed by atoms with Gasteiger partial charge in [-0.05, 0) is 34.9 Å². The summed E-state index contributed by atoms with van der Waals surface area (Å²) in [6, 6.07) is 14.8. The van der Waals surface area contributed by atoms with Crippen molar-refractivity contribution in [1.82, 2.24) is 10.3 Å². The Hall–Kier alpha value is -2.82. The first-order valence-electron chi connectivity index (χ1n) is 9.10. The normalized spacial score (nSPS) is 19.2. The summed E-state index contributed by atoms with van der Waals surface area (Å²) >= 11 is 6.30. The van der Waals surface area contributed by atoms with Crippen LogP contribution in [0.2, 0.25) is 5.02 Å². The number of benzene rings is 2. The fourth-order valence-corrected chi connectivity index (χ4v) is 4.26.